The third kappa shape index (κ3) is 13.9. The zero-order chi connectivity index (χ0) is 12.8. The molecule has 0 bridgehead atoms. The van der Waals surface area contributed by atoms with Gasteiger partial charge < -0.3 is 5.73 Å². The van der Waals surface area contributed by atoms with E-state index in [-0.39, 0.29) is 0 Å². The van der Waals surface area contributed by atoms with Crippen LogP contribution >= 0.6 is 0 Å². The van der Waals surface area contributed by atoms with Crippen molar-refractivity contribution < 1.29 is 0 Å². The Morgan fingerprint density at radius 3 is 1.59 bits per heavy atom. The van der Waals surface area contributed by atoms with Crippen molar-refractivity contribution >= 4 is 0 Å². The van der Waals surface area contributed by atoms with Crippen LogP contribution in [0.2, 0.25) is 0 Å². The Morgan fingerprint density at radius 2 is 1.18 bits per heavy atom. The van der Waals surface area contributed by atoms with E-state index in [0.29, 0.717) is 6.04 Å². The predicted molar refractivity (Wildman–Crippen MR) is 79.0 cm³/mol. The Bertz CT molecular complexity index is 133. The summed E-state index contributed by atoms with van der Waals surface area (Å²) in [6.45, 7) is 6.11. The molecule has 0 aromatic heterocycles. The van der Waals surface area contributed by atoms with Gasteiger partial charge in [0.05, 0.1) is 0 Å². The van der Waals surface area contributed by atoms with Crippen LogP contribution in [-0.4, -0.2) is 6.04 Å². The monoisotopic (exact) mass is 240 g/mol. The molecule has 0 aromatic carbocycles. The first-order valence-corrected chi connectivity index (χ1v) is 7.86. The molecular weight excluding hydrogens is 206 g/mol. The van der Waals surface area contributed by atoms with Crippen LogP contribution in [0.1, 0.15) is 90.4 Å². The van der Waals surface area contributed by atoms with Gasteiger partial charge >= 0.3 is 0 Å². The zero-order valence-electron chi connectivity index (χ0n) is 12.1. The highest BCUT2D eigenvalue weighted by molar-refractivity contribution is 4.61. The largest absolute Gasteiger partial charge is 0.328 e. The van der Waals surface area contributed by atoms with Gasteiger partial charge in [0.2, 0.25) is 0 Å². The molecule has 1 radical (unpaired) electrons. The van der Waals surface area contributed by atoms with E-state index in [2.05, 4.69) is 13.8 Å². The SMILES string of the molecule is [CH2]CC(N)CCCCCCCCCCCCC. The van der Waals surface area contributed by atoms with Gasteiger partial charge in [-0.05, 0) is 12.8 Å². The fourth-order valence-electron chi connectivity index (χ4n) is 2.22. The van der Waals surface area contributed by atoms with Gasteiger partial charge in [-0.3, -0.25) is 0 Å². The van der Waals surface area contributed by atoms with Crippen LogP contribution in [-0.2, 0) is 0 Å². The summed E-state index contributed by atoms with van der Waals surface area (Å²) in [7, 11) is 0. The molecule has 0 fully saturated rings. The normalized spacial score (nSPS) is 12.9. The lowest BCUT2D eigenvalue weighted by atomic mass is 10.0. The molecule has 0 heterocycles. The summed E-state index contributed by atoms with van der Waals surface area (Å²) in [6.07, 6.45) is 17.6. The van der Waals surface area contributed by atoms with E-state index in [1.54, 1.807) is 0 Å². The second-order valence-electron chi connectivity index (χ2n) is 5.37. The number of unbranched alkanes of at least 4 members (excludes halogenated alkanes) is 10. The van der Waals surface area contributed by atoms with Gasteiger partial charge in [0.15, 0.2) is 0 Å². The van der Waals surface area contributed by atoms with Crippen LogP contribution in [0.4, 0.5) is 0 Å². The molecule has 0 spiro atoms. The molecule has 0 saturated carbocycles. The molecule has 2 N–H and O–H groups in total. The molecular formula is C16H34N. The van der Waals surface area contributed by atoms with Crippen molar-refractivity contribution in [2.24, 2.45) is 5.73 Å². The molecule has 0 aliphatic rings. The van der Waals surface area contributed by atoms with Crippen LogP contribution in [0.25, 0.3) is 0 Å². The minimum absolute atomic E-state index is 0.341. The second kappa shape index (κ2) is 14.0. The van der Waals surface area contributed by atoms with E-state index in [4.69, 9.17) is 5.73 Å². The predicted octanol–water partition coefficient (Wildman–Crippen LogP) is 5.24. The third-order valence-corrected chi connectivity index (χ3v) is 3.55. The average molecular weight is 240 g/mol. The van der Waals surface area contributed by atoms with Gasteiger partial charge in [-0.15, -0.1) is 0 Å². The van der Waals surface area contributed by atoms with Gasteiger partial charge in [-0.25, -0.2) is 0 Å². The molecule has 0 rings (SSSR count). The van der Waals surface area contributed by atoms with E-state index in [9.17, 15) is 0 Å². The van der Waals surface area contributed by atoms with Crippen molar-refractivity contribution in [3.63, 3.8) is 0 Å². The number of rotatable bonds is 13. The van der Waals surface area contributed by atoms with Crippen LogP contribution in [0.15, 0.2) is 0 Å². The molecule has 0 amide bonds. The van der Waals surface area contributed by atoms with Crippen LogP contribution in [0.3, 0.4) is 0 Å². The smallest absolute Gasteiger partial charge is 0.00388 e. The zero-order valence-corrected chi connectivity index (χ0v) is 12.1. The molecule has 0 aliphatic heterocycles. The molecule has 0 saturated heterocycles. The van der Waals surface area contributed by atoms with Gasteiger partial charge in [-0.1, -0.05) is 84.5 Å². The molecule has 0 aromatic rings. The molecule has 103 valence electrons. The lowest BCUT2D eigenvalue weighted by Gasteiger charge is -2.07. The maximum absolute atomic E-state index is 5.83. The van der Waals surface area contributed by atoms with Crippen LogP contribution < -0.4 is 5.73 Å². The average Bonchev–Trinajstić information content (AvgIpc) is 2.35. The molecule has 1 unspecified atom stereocenters. The minimum atomic E-state index is 0.341. The topological polar surface area (TPSA) is 26.0 Å². The van der Waals surface area contributed by atoms with Crippen molar-refractivity contribution in [1.82, 2.24) is 0 Å². The highest BCUT2D eigenvalue weighted by atomic mass is 14.6. The summed E-state index contributed by atoms with van der Waals surface area (Å²) >= 11 is 0. The minimum Gasteiger partial charge on any atom is -0.328 e. The Hall–Kier alpha value is -0.0400. The summed E-state index contributed by atoms with van der Waals surface area (Å²) < 4.78 is 0. The van der Waals surface area contributed by atoms with E-state index in [0.717, 1.165) is 6.42 Å². The van der Waals surface area contributed by atoms with E-state index in [1.165, 1.54) is 77.0 Å². The van der Waals surface area contributed by atoms with Gasteiger partial charge in [0.1, 0.15) is 0 Å². The number of nitrogens with two attached hydrogens (primary N) is 1. The van der Waals surface area contributed by atoms with E-state index in [1.807, 2.05) is 0 Å². The molecule has 0 aliphatic carbocycles. The Morgan fingerprint density at radius 1 is 0.765 bits per heavy atom. The molecule has 1 heteroatoms. The Balaban J connectivity index is 2.94. The summed E-state index contributed by atoms with van der Waals surface area (Å²) in [5.74, 6) is 0. The maximum atomic E-state index is 5.83. The highest BCUT2D eigenvalue weighted by Crippen LogP contribution is 2.12. The fraction of sp³-hybridized carbons (Fsp3) is 0.938. The standard InChI is InChI=1S/C16H34N/c1-3-5-6-7-8-9-10-11-12-13-14-15-16(17)4-2/h16H,2-15,17H2,1H3. The van der Waals surface area contributed by atoms with E-state index >= 15 is 0 Å². The summed E-state index contributed by atoms with van der Waals surface area (Å²) in [5, 5.41) is 0. The quantitative estimate of drug-likeness (QED) is 0.438. The number of hydrogen-bond donors (Lipinski definition) is 1. The van der Waals surface area contributed by atoms with Crippen molar-refractivity contribution in [1.29, 1.82) is 0 Å². The van der Waals surface area contributed by atoms with Gasteiger partial charge in [0, 0.05) is 6.04 Å². The van der Waals surface area contributed by atoms with Gasteiger partial charge in [0.25, 0.3) is 0 Å². The summed E-state index contributed by atoms with van der Waals surface area (Å²) in [5.41, 5.74) is 5.83. The molecule has 1 atom stereocenters. The lowest BCUT2D eigenvalue weighted by Crippen LogP contribution is -2.17. The van der Waals surface area contributed by atoms with Crippen molar-refractivity contribution in [3.8, 4) is 0 Å². The van der Waals surface area contributed by atoms with Crippen LogP contribution in [0, 0.1) is 6.92 Å². The van der Waals surface area contributed by atoms with Gasteiger partial charge in [-0.2, -0.15) is 0 Å². The summed E-state index contributed by atoms with van der Waals surface area (Å²) in [6, 6.07) is 0.341. The fourth-order valence-corrected chi connectivity index (χ4v) is 2.22. The molecule has 1 nitrogen and oxygen atoms in total. The first-order valence-electron chi connectivity index (χ1n) is 7.86. The Labute approximate surface area is 110 Å². The molecule has 17 heavy (non-hydrogen) atoms. The van der Waals surface area contributed by atoms with Crippen LogP contribution in [0.5, 0.6) is 0 Å². The first kappa shape index (κ1) is 17.0. The van der Waals surface area contributed by atoms with Crippen molar-refractivity contribution in [2.75, 3.05) is 0 Å². The second-order valence-corrected chi connectivity index (χ2v) is 5.37. The van der Waals surface area contributed by atoms with Crippen molar-refractivity contribution in [2.45, 2.75) is 96.4 Å². The van der Waals surface area contributed by atoms with Crippen molar-refractivity contribution in [3.05, 3.63) is 6.92 Å². The highest BCUT2D eigenvalue weighted by Gasteiger charge is 1.98. The lowest BCUT2D eigenvalue weighted by molar-refractivity contribution is 0.520. The number of hydrogen-bond acceptors (Lipinski definition) is 1. The Kier molecular flexibility index (Phi) is 14.0. The maximum Gasteiger partial charge on any atom is 0.00388 e. The van der Waals surface area contributed by atoms with E-state index < -0.39 is 0 Å². The third-order valence-electron chi connectivity index (χ3n) is 3.55. The first-order chi connectivity index (χ1) is 8.31. The summed E-state index contributed by atoms with van der Waals surface area (Å²) in [4.78, 5) is 0.